The van der Waals surface area contributed by atoms with Crippen LogP contribution in [-0.4, -0.2) is 120 Å². The molecule has 8 rings (SSSR count). The van der Waals surface area contributed by atoms with Crippen LogP contribution in [0.1, 0.15) is 63.4 Å². The Kier molecular flexibility index (Phi) is 12.5. The van der Waals surface area contributed by atoms with E-state index >= 15 is 0 Å². The summed E-state index contributed by atoms with van der Waals surface area (Å²) in [6.45, 7) is 17.2. The number of alkyl carbamates (subject to hydrolysis) is 2. The minimum absolute atomic E-state index is 0.161. The molecule has 0 bridgehead atoms. The van der Waals surface area contributed by atoms with Gasteiger partial charge in [-0.25, -0.2) is 19.6 Å². The SMILES string of the molecule is C=C1[C@H](COC)CN(C(=O)C(NC(=O)OC)[C@@H](C)OC)[C@@H]1c1ncc(-c2ccc3c(c2)COc2cc4c(ccc5[nH]c([C@@H]6C(=C)C[C@H](C)N6C(=O)[C@@H](NC(=O)OC)C(C)C)nc54)cc2-3)[nH]1. The van der Waals surface area contributed by atoms with Crippen LogP contribution in [0.5, 0.6) is 5.75 Å². The number of methoxy groups -OCH3 is 4. The van der Waals surface area contributed by atoms with Gasteiger partial charge in [-0.2, -0.15) is 0 Å². The summed E-state index contributed by atoms with van der Waals surface area (Å²) in [5.41, 5.74) is 7.75. The fourth-order valence-corrected chi connectivity index (χ4v) is 9.46. The summed E-state index contributed by atoms with van der Waals surface area (Å²) >= 11 is 0. The Morgan fingerprint density at radius 2 is 1.63 bits per heavy atom. The Balaban J connectivity index is 1.07. The van der Waals surface area contributed by atoms with Gasteiger partial charge in [0, 0.05) is 43.7 Å². The zero-order valence-corrected chi connectivity index (χ0v) is 37.9. The topological polar surface area (TPSA) is 202 Å². The molecule has 5 aromatic rings. The third-order valence-electron chi connectivity index (χ3n) is 13.0. The Bertz CT molecular complexity index is 2710. The first kappa shape index (κ1) is 44.9. The van der Waals surface area contributed by atoms with Gasteiger partial charge in [-0.05, 0) is 83.7 Å². The number of amides is 4. The normalized spacial score (nSPS) is 20.6. The lowest BCUT2D eigenvalue weighted by atomic mass is 9.92. The molecule has 65 heavy (non-hydrogen) atoms. The predicted molar refractivity (Wildman–Crippen MR) is 243 cm³/mol. The fraction of sp³-hybridized carbons (Fsp3) is 0.417. The minimum atomic E-state index is -1.02. The summed E-state index contributed by atoms with van der Waals surface area (Å²) in [4.78, 5) is 73.0. The molecule has 3 aromatic carbocycles. The number of ether oxygens (including phenoxy) is 5. The van der Waals surface area contributed by atoms with Crippen LogP contribution in [-0.2, 0) is 35.1 Å². The average Bonchev–Trinajstić information content (AvgIpc) is 4.09. The molecule has 0 radical (unpaired) electrons. The minimum Gasteiger partial charge on any atom is -0.488 e. The second-order valence-electron chi connectivity index (χ2n) is 17.4. The number of hydrogen-bond acceptors (Lipinski definition) is 11. The van der Waals surface area contributed by atoms with Crippen LogP contribution in [0.4, 0.5) is 9.59 Å². The van der Waals surface area contributed by atoms with Gasteiger partial charge in [-0.1, -0.05) is 45.2 Å². The van der Waals surface area contributed by atoms with E-state index in [1.54, 1.807) is 30.0 Å². The number of fused-ring (bicyclic) bond motifs is 6. The Hall–Kier alpha value is -6.72. The molecule has 3 aliphatic heterocycles. The third kappa shape index (κ3) is 8.18. The van der Waals surface area contributed by atoms with Gasteiger partial charge in [0.2, 0.25) is 11.8 Å². The summed E-state index contributed by atoms with van der Waals surface area (Å²) < 4.78 is 27.0. The number of rotatable bonds is 12. The van der Waals surface area contributed by atoms with Gasteiger partial charge in [0.05, 0.1) is 49.9 Å². The number of imidazole rings is 2. The van der Waals surface area contributed by atoms with Crippen molar-refractivity contribution in [2.75, 3.05) is 41.6 Å². The largest absolute Gasteiger partial charge is 0.488 e. The van der Waals surface area contributed by atoms with Crippen molar-refractivity contribution in [2.24, 2.45) is 11.8 Å². The molecule has 3 aliphatic rings. The second-order valence-corrected chi connectivity index (χ2v) is 17.4. The number of carbonyl (C=O) groups excluding carboxylic acids is 4. The van der Waals surface area contributed by atoms with Gasteiger partial charge in [0.15, 0.2) is 0 Å². The molecule has 5 heterocycles. The number of H-pyrrole nitrogens is 2. The number of benzene rings is 3. The number of nitrogens with one attached hydrogen (secondary N) is 4. The number of carbonyl (C=O) groups is 4. The lowest BCUT2D eigenvalue weighted by Gasteiger charge is -2.32. The summed E-state index contributed by atoms with van der Waals surface area (Å²) in [5, 5.41) is 7.21. The van der Waals surface area contributed by atoms with E-state index in [1.807, 2.05) is 45.0 Å². The lowest BCUT2D eigenvalue weighted by molar-refractivity contribution is -0.138. The van der Waals surface area contributed by atoms with Crippen LogP contribution in [0.15, 0.2) is 73.0 Å². The van der Waals surface area contributed by atoms with Crippen LogP contribution in [0.2, 0.25) is 0 Å². The van der Waals surface area contributed by atoms with E-state index in [1.165, 1.54) is 21.3 Å². The van der Waals surface area contributed by atoms with Crippen molar-refractivity contribution in [2.45, 2.75) is 77.0 Å². The smallest absolute Gasteiger partial charge is 0.407 e. The quantitative estimate of drug-likeness (QED) is 0.0969. The molecule has 17 nitrogen and oxygen atoms in total. The van der Waals surface area contributed by atoms with E-state index in [0.717, 1.165) is 66.6 Å². The van der Waals surface area contributed by atoms with Crippen molar-refractivity contribution < 1.29 is 42.9 Å². The zero-order valence-electron chi connectivity index (χ0n) is 37.9. The van der Waals surface area contributed by atoms with E-state index in [0.29, 0.717) is 37.8 Å². The van der Waals surface area contributed by atoms with Gasteiger partial charge >= 0.3 is 12.2 Å². The third-order valence-corrected chi connectivity index (χ3v) is 13.0. The number of aromatic amines is 2. The molecule has 2 saturated heterocycles. The standard InChI is InChI=1S/C48H56N8O9/c1-23(2)38(53-47(59)63-9)46(58)56-25(4)15-24(3)41(56)44-50-35-14-12-28-17-34-32-13-11-29(16-30(32)22-65-37(34)18-33(28)40(35)52-44)36-19-49-43(51-36)42-26(5)31(21-61-7)20-55(42)45(57)39(27(6)62-8)54-48(60)64-10/h11-14,16-19,23,25,27,31,38-39,41-42H,3,5,15,20-22H2,1-2,4,6-10H3,(H,49,51)(H,50,52)(H,53,59)(H,54,60)/t25-,27+,31-,38-,39?,41-,42-/m0/s1. The van der Waals surface area contributed by atoms with Crippen LogP contribution < -0.4 is 15.4 Å². The van der Waals surface area contributed by atoms with E-state index in [2.05, 4.69) is 52.0 Å². The first-order valence-electron chi connectivity index (χ1n) is 21.6. The fourth-order valence-electron chi connectivity index (χ4n) is 9.46. The Labute approximate surface area is 376 Å². The molecule has 1 unspecified atom stereocenters. The van der Waals surface area contributed by atoms with Crippen molar-refractivity contribution in [3.05, 3.63) is 90.2 Å². The molecular formula is C48H56N8O9. The highest BCUT2D eigenvalue weighted by atomic mass is 16.5. The second kappa shape index (κ2) is 18.0. The van der Waals surface area contributed by atoms with Gasteiger partial charge < -0.3 is 54.1 Å². The van der Waals surface area contributed by atoms with Gasteiger partial charge in [0.1, 0.15) is 48.2 Å². The number of nitrogens with zero attached hydrogens (tertiary/aromatic N) is 4. The van der Waals surface area contributed by atoms with E-state index in [9.17, 15) is 19.2 Å². The van der Waals surface area contributed by atoms with Crippen molar-refractivity contribution in [3.8, 4) is 28.1 Å². The molecule has 2 aromatic heterocycles. The summed E-state index contributed by atoms with van der Waals surface area (Å²) in [6, 6.07) is 11.3. The van der Waals surface area contributed by atoms with Crippen molar-refractivity contribution in [1.29, 1.82) is 0 Å². The Morgan fingerprint density at radius 3 is 2.32 bits per heavy atom. The maximum atomic E-state index is 14.1. The highest BCUT2D eigenvalue weighted by Crippen LogP contribution is 2.45. The Morgan fingerprint density at radius 1 is 0.892 bits per heavy atom. The molecule has 7 atom stereocenters. The molecule has 2 fully saturated rings. The van der Waals surface area contributed by atoms with Crippen LogP contribution in [0.3, 0.4) is 0 Å². The van der Waals surface area contributed by atoms with E-state index in [4.69, 9.17) is 33.7 Å². The van der Waals surface area contributed by atoms with Gasteiger partial charge in [-0.3, -0.25) is 9.59 Å². The maximum absolute atomic E-state index is 14.1. The zero-order chi connectivity index (χ0) is 46.4. The van der Waals surface area contributed by atoms with E-state index in [-0.39, 0.29) is 29.7 Å². The highest BCUT2D eigenvalue weighted by Gasteiger charge is 2.45. The highest BCUT2D eigenvalue weighted by molar-refractivity contribution is 6.07. The molecule has 0 saturated carbocycles. The molecule has 0 aliphatic carbocycles. The van der Waals surface area contributed by atoms with Crippen LogP contribution in [0, 0.1) is 11.8 Å². The predicted octanol–water partition coefficient (Wildman–Crippen LogP) is 6.73. The first-order valence-corrected chi connectivity index (χ1v) is 21.6. The van der Waals surface area contributed by atoms with E-state index < -0.39 is 42.5 Å². The molecule has 342 valence electrons. The summed E-state index contributed by atoms with van der Waals surface area (Å²) in [6.07, 6.45) is 0.277. The number of aromatic nitrogens is 4. The molecule has 4 amide bonds. The van der Waals surface area contributed by atoms with Crippen molar-refractivity contribution >= 4 is 45.8 Å². The van der Waals surface area contributed by atoms with Crippen LogP contribution >= 0.6 is 0 Å². The number of hydrogen-bond donors (Lipinski definition) is 4. The summed E-state index contributed by atoms with van der Waals surface area (Å²) in [7, 11) is 5.60. The monoisotopic (exact) mass is 888 g/mol. The molecule has 0 spiro atoms. The van der Waals surface area contributed by atoms with Gasteiger partial charge in [0.25, 0.3) is 0 Å². The number of likely N-dealkylation sites (tertiary alicyclic amines) is 2. The lowest BCUT2D eigenvalue weighted by Crippen LogP contribution is -2.54. The summed E-state index contributed by atoms with van der Waals surface area (Å²) in [5.74, 6) is 0.907. The van der Waals surface area contributed by atoms with Crippen molar-refractivity contribution in [3.63, 3.8) is 0 Å². The molecule has 17 heteroatoms. The molecule has 4 N–H and O–H groups in total. The maximum Gasteiger partial charge on any atom is 0.407 e. The van der Waals surface area contributed by atoms with Gasteiger partial charge in [-0.15, -0.1) is 0 Å². The first-order chi connectivity index (χ1) is 31.2. The van der Waals surface area contributed by atoms with Crippen molar-refractivity contribution in [1.82, 2.24) is 40.4 Å². The van der Waals surface area contributed by atoms with Crippen LogP contribution in [0.25, 0.3) is 44.2 Å². The molecular weight excluding hydrogens is 833 g/mol. The average molecular weight is 889 g/mol.